The lowest BCUT2D eigenvalue weighted by molar-refractivity contribution is 0.628. The summed E-state index contributed by atoms with van der Waals surface area (Å²) in [6, 6.07) is 12.4. The van der Waals surface area contributed by atoms with E-state index in [1.165, 1.54) is 17.7 Å². The molecule has 5 nitrogen and oxygen atoms in total. The van der Waals surface area contributed by atoms with E-state index in [1.54, 1.807) is 18.3 Å². The van der Waals surface area contributed by atoms with Crippen LogP contribution in [0.5, 0.6) is 0 Å². The SMILES string of the molecule is CCNc1nccc(-c2c(-c3ccc(F)cc3)nc3cc(CC)ccn23)n1. The summed E-state index contributed by atoms with van der Waals surface area (Å²) in [5, 5.41) is 3.14. The van der Waals surface area contributed by atoms with Crippen molar-refractivity contribution in [1.82, 2.24) is 19.4 Å². The summed E-state index contributed by atoms with van der Waals surface area (Å²) < 4.78 is 15.4. The summed E-state index contributed by atoms with van der Waals surface area (Å²) in [7, 11) is 0. The van der Waals surface area contributed by atoms with Crippen LogP contribution in [-0.2, 0) is 6.42 Å². The van der Waals surface area contributed by atoms with E-state index in [2.05, 4.69) is 34.3 Å². The second kappa shape index (κ2) is 7.15. The second-order valence-corrected chi connectivity index (χ2v) is 6.23. The van der Waals surface area contributed by atoms with E-state index in [1.807, 2.05) is 23.6 Å². The fourth-order valence-electron chi connectivity index (χ4n) is 3.09. The van der Waals surface area contributed by atoms with Crippen LogP contribution in [0.1, 0.15) is 19.4 Å². The quantitative estimate of drug-likeness (QED) is 0.565. The van der Waals surface area contributed by atoms with Gasteiger partial charge in [-0.2, -0.15) is 0 Å². The Kier molecular flexibility index (Phi) is 4.54. The maximum Gasteiger partial charge on any atom is 0.223 e. The van der Waals surface area contributed by atoms with Crippen molar-refractivity contribution in [3.8, 4) is 22.6 Å². The lowest BCUT2D eigenvalue weighted by Gasteiger charge is -2.07. The number of halogens is 1. The Morgan fingerprint density at radius 3 is 2.59 bits per heavy atom. The molecule has 0 unspecified atom stereocenters. The van der Waals surface area contributed by atoms with Crippen molar-refractivity contribution >= 4 is 11.6 Å². The zero-order valence-corrected chi connectivity index (χ0v) is 15.3. The number of nitrogens with zero attached hydrogens (tertiary/aromatic N) is 4. The van der Waals surface area contributed by atoms with Gasteiger partial charge in [0, 0.05) is 24.5 Å². The number of pyridine rings is 1. The number of nitrogens with one attached hydrogen (secondary N) is 1. The molecule has 0 aliphatic heterocycles. The molecule has 0 bridgehead atoms. The molecule has 0 spiro atoms. The van der Waals surface area contributed by atoms with E-state index < -0.39 is 0 Å². The number of imidazole rings is 1. The largest absolute Gasteiger partial charge is 0.354 e. The monoisotopic (exact) mass is 361 g/mol. The molecule has 0 atom stereocenters. The molecule has 3 aromatic heterocycles. The predicted molar refractivity (Wildman–Crippen MR) is 105 cm³/mol. The van der Waals surface area contributed by atoms with Crippen LogP contribution in [0, 0.1) is 5.82 Å². The Labute approximate surface area is 156 Å². The molecule has 1 aromatic carbocycles. The maximum absolute atomic E-state index is 13.4. The highest BCUT2D eigenvalue weighted by atomic mass is 19.1. The van der Waals surface area contributed by atoms with Gasteiger partial charge in [-0.05, 0) is 61.4 Å². The third kappa shape index (κ3) is 3.26. The fraction of sp³-hybridized carbons (Fsp3) is 0.190. The van der Waals surface area contributed by atoms with Crippen molar-refractivity contribution in [3.63, 3.8) is 0 Å². The normalized spacial score (nSPS) is 11.1. The van der Waals surface area contributed by atoms with Crippen LogP contribution in [0.3, 0.4) is 0 Å². The first-order valence-electron chi connectivity index (χ1n) is 9.03. The number of hydrogen-bond donors (Lipinski definition) is 1. The van der Waals surface area contributed by atoms with Crippen molar-refractivity contribution in [1.29, 1.82) is 0 Å². The molecule has 4 rings (SSSR count). The molecule has 0 radical (unpaired) electrons. The summed E-state index contributed by atoms with van der Waals surface area (Å²) in [6.45, 7) is 4.85. The Bertz CT molecular complexity index is 1090. The number of aromatic nitrogens is 4. The van der Waals surface area contributed by atoms with Crippen LogP contribution in [0.4, 0.5) is 10.3 Å². The Hall–Kier alpha value is -3.28. The van der Waals surface area contributed by atoms with E-state index in [9.17, 15) is 4.39 Å². The molecule has 4 aromatic rings. The Balaban J connectivity index is 1.97. The van der Waals surface area contributed by atoms with Crippen molar-refractivity contribution in [2.45, 2.75) is 20.3 Å². The van der Waals surface area contributed by atoms with Gasteiger partial charge in [0.15, 0.2) is 0 Å². The van der Waals surface area contributed by atoms with Gasteiger partial charge in [-0.1, -0.05) is 6.92 Å². The highest BCUT2D eigenvalue weighted by molar-refractivity contribution is 5.80. The lowest BCUT2D eigenvalue weighted by Crippen LogP contribution is -2.03. The van der Waals surface area contributed by atoms with Crippen LogP contribution in [0.2, 0.25) is 0 Å². The number of rotatable bonds is 5. The minimum Gasteiger partial charge on any atom is -0.354 e. The van der Waals surface area contributed by atoms with Gasteiger partial charge >= 0.3 is 0 Å². The second-order valence-electron chi connectivity index (χ2n) is 6.23. The zero-order chi connectivity index (χ0) is 18.8. The molecule has 3 heterocycles. The van der Waals surface area contributed by atoms with E-state index in [4.69, 9.17) is 4.98 Å². The van der Waals surface area contributed by atoms with Gasteiger partial charge in [0.2, 0.25) is 5.95 Å². The van der Waals surface area contributed by atoms with Gasteiger partial charge in [-0.25, -0.2) is 19.3 Å². The summed E-state index contributed by atoms with van der Waals surface area (Å²) in [4.78, 5) is 13.7. The smallest absolute Gasteiger partial charge is 0.223 e. The van der Waals surface area contributed by atoms with E-state index in [-0.39, 0.29) is 5.82 Å². The molecule has 0 fully saturated rings. The molecule has 0 saturated carbocycles. The predicted octanol–water partition coefficient (Wildman–Crippen LogP) is 4.59. The van der Waals surface area contributed by atoms with Gasteiger partial charge in [-0.3, -0.25) is 4.40 Å². The zero-order valence-electron chi connectivity index (χ0n) is 15.3. The standard InChI is InChI=1S/C21H20FN5/c1-3-14-10-12-27-18(13-14)26-19(15-5-7-16(22)8-6-15)20(27)17-9-11-24-21(25-17)23-4-2/h5-13H,3-4H2,1-2H3,(H,23,24,25). The van der Waals surface area contributed by atoms with E-state index in [0.29, 0.717) is 5.95 Å². The Morgan fingerprint density at radius 2 is 1.85 bits per heavy atom. The van der Waals surface area contributed by atoms with E-state index >= 15 is 0 Å². The molecule has 0 aliphatic carbocycles. The van der Waals surface area contributed by atoms with Crippen molar-refractivity contribution in [2.24, 2.45) is 0 Å². The lowest BCUT2D eigenvalue weighted by atomic mass is 10.1. The van der Waals surface area contributed by atoms with Gasteiger partial charge in [-0.15, -0.1) is 0 Å². The highest BCUT2D eigenvalue weighted by Crippen LogP contribution is 2.32. The van der Waals surface area contributed by atoms with Crippen LogP contribution in [0.15, 0.2) is 54.9 Å². The summed E-state index contributed by atoms with van der Waals surface area (Å²) >= 11 is 0. The molecular formula is C21H20FN5. The molecule has 1 N–H and O–H groups in total. The van der Waals surface area contributed by atoms with Crippen LogP contribution in [-0.4, -0.2) is 25.9 Å². The fourth-order valence-corrected chi connectivity index (χ4v) is 3.09. The molecule has 0 saturated heterocycles. The third-order valence-corrected chi connectivity index (χ3v) is 4.45. The van der Waals surface area contributed by atoms with Crippen molar-refractivity contribution in [3.05, 3.63) is 66.2 Å². The van der Waals surface area contributed by atoms with Crippen molar-refractivity contribution in [2.75, 3.05) is 11.9 Å². The average Bonchev–Trinajstić information content (AvgIpc) is 3.07. The van der Waals surface area contributed by atoms with Crippen LogP contribution >= 0.6 is 0 Å². The topological polar surface area (TPSA) is 55.1 Å². The van der Waals surface area contributed by atoms with Gasteiger partial charge in [0.05, 0.1) is 17.1 Å². The first kappa shape index (κ1) is 17.1. The minimum absolute atomic E-state index is 0.270. The molecule has 27 heavy (non-hydrogen) atoms. The number of hydrogen-bond acceptors (Lipinski definition) is 4. The molecule has 0 aliphatic rings. The number of anilines is 1. The Morgan fingerprint density at radius 1 is 1.04 bits per heavy atom. The van der Waals surface area contributed by atoms with Crippen LogP contribution < -0.4 is 5.32 Å². The first-order chi connectivity index (χ1) is 13.2. The van der Waals surface area contributed by atoms with Gasteiger partial charge < -0.3 is 5.32 Å². The number of benzene rings is 1. The molecular weight excluding hydrogens is 341 g/mol. The number of fused-ring (bicyclic) bond motifs is 1. The third-order valence-electron chi connectivity index (χ3n) is 4.45. The van der Waals surface area contributed by atoms with E-state index in [0.717, 1.165) is 41.3 Å². The summed E-state index contributed by atoms with van der Waals surface area (Å²) in [5.41, 5.74) is 5.28. The first-order valence-corrected chi connectivity index (χ1v) is 9.03. The summed E-state index contributed by atoms with van der Waals surface area (Å²) in [5.74, 6) is 0.300. The maximum atomic E-state index is 13.4. The molecule has 136 valence electrons. The average molecular weight is 361 g/mol. The highest BCUT2D eigenvalue weighted by Gasteiger charge is 2.18. The number of aryl methyl sites for hydroxylation is 1. The van der Waals surface area contributed by atoms with Gasteiger partial charge in [0.1, 0.15) is 11.5 Å². The minimum atomic E-state index is -0.270. The molecule has 0 amide bonds. The molecule has 6 heteroatoms. The van der Waals surface area contributed by atoms with Crippen LogP contribution in [0.25, 0.3) is 28.3 Å². The van der Waals surface area contributed by atoms with Crippen molar-refractivity contribution < 1.29 is 4.39 Å². The van der Waals surface area contributed by atoms with Gasteiger partial charge in [0.25, 0.3) is 0 Å². The summed E-state index contributed by atoms with van der Waals surface area (Å²) in [6.07, 6.45) is 4.68.